The predicted molar refractivity (Wildman–Crippen MR) is 67.9 cm³/mol. The van der Waals surface area contributed by atoms with Crippen LogP contribution in [0.25, 0.3) is 6.08 Å². The third-order valence-corrected chi connectivity index (χ3v) is 2.40. The summed E-state index contributed by atoms with van der Waals surface area (Å²) in [6.07, 6.45) is 4.21. The van der Waals surface area contributed by atoms with Crippen molar-refractivity contribution >= 4 is 22.0 Å². The summed E-state index contributed by atoms with van der Waals surface area (Å²) < 4.78 is 6.04. The minimum Gasteiger partial charge on any atom is -0.383 e. The molecule has 1 N–H and O–H groups in total. The van der Waals surface area contributed by atoms with Gasteiger partial charge >= 0.3 is 0 Å². The molecule has 1 rings (SSSR count). The van der Waals surface area contributed by atoms with Gasteiger partial charge in [0.25, 0.3) is 0 Å². The highest BCUT2D eigenvalue weighted by Crippen LogP contribution is 2.12. The summed E-state index contributed by atoms with van der Waals surface area (Å²) in [6.45, 7) is 2.51. The number of benzene rings is 1. The molecule has 0 bridgehead atoms. The number of methoxy groups -OCH3 is 1. The Morgan fingerprint density at radius 3 is 3.07 bits per heavy atom. The van der Waals surface area contributed by atoms with Crippen molar-refractivity contribution in [2.45, 2.75) is 0 Å². The van der Waals surface area contributed by atoms with Gasteiger partial charge in [-0.15, -0.1) is 0 Å². The SMILES string of the molecule is COCCNCC=Cc1cccc(Br)c1. The van der Waals surface area contributed by atoms with Crippen molar-refractivity contribution < 1.29 is 4.74 Å². The van der Waals surface area contributed by atoms with E-state index in [2.05, 4.69) is 45.5 Å². The lowest BCUT2D eigenvalue weighted by atomic mass is 10.2. The second kappa shape index (κ2) is 7.63. The third-order valence-electron chi connectivity index (χ3n) is 1.90. The van der Waals surface area contributed by atoms with Gasteiger partial charge in [0.15, 0.2) is 0 Å². The van der Waals surface area contributed by atoms with E-state index in [9.17, 15) is 0 Å². The van der Waals surface area contributed by atoms with E-state index in [-0.39, 0.29) is 0 Å². The van der Waals surface area contributed by atoms with Gasteiger partial charge in [0.1, 0.15) is 0 Å². The molecular formula is C12H16BrNO. The Kier molecular flexibility index (Phi) is 6.32. The molecule has 15 heavy (non-hydrogen) atoms. The van der Waals surface area contributed by atoms with E-state index in [1.165, 1.54) is 5.56 Å². The van der Waals surface area contributed by atoms with Gasteiger partial charge in [0.05, 0.1) is 6.61 Å². The Labute approximate surface area is 99.5 Å². The van der Waals surface area contributed by atoms with E-state index in [0.717, 1.165) is 24.2 Å². The fourth-order valence-corrected chi connectivity index (χ4v) is 1.58. The molecule has 0 amide bonds. The van der Waals surface area contributed by atoms with Crippen molar-refractivity contribution in [1.82, 2.24) is 5.32 Å². The number of nitrogens with one attached hydrogen (secondary N) is 1. The summed E-state index contributed by atoms with van der Waals surface area (Å²) in [5, 5.41) is 3.25. The van der Waals surface area contributed by atoms with E-state index >= 15 is 0 Å². The zero-order valence-corrected chi connectivity index (χ0v) is 10.5. The fourth-order valence-electron chi connectivity index (χ4n) is 1.16. The Hall–Kier alpha value is -0.640. The van der Waals surface area contributed by atoms with Crippen LogP contribution in [0.1, 0.15) is 5.56 Å². The van der Waals surface area contributed by atoms with Crippen molar-refractivity contribution in [3.63, 3.8) is 0 Å². The summed E-state index contributed by atoms with van der Waals surface area (Å²) in [6, 6.07) is 8.22. The van der Waals surface area contributed by atoms with Crippen LogP contribution in [-0.4, -0.2) is 26.8 Å². The molecule has 82 valence electrons. The molecule has 0 aromatic heterocycles. The molecule has 0 aliphatic heterocycles. The summed E-state index contributed by atoms with van der Waals surface area (Å²) in [4.78, 5) is 0. The van der Waals surface area contributed by atoms with Crippen LogP contribution in [0, 0.1) is 0 Å². The van der Waals surface area contributed by atoms with Gasteiger partial charge in [-0.1, -0.05) is 40.2 Å². The number of rotatable bonds is 6. The lowest BCUT2D eigenvalue weighted by Gasteiger charge is -1.99. The van der Waals surface area contributed by atoms with Crippen LogP contribution < -0.4 is 5.32 Å². The first-order valence-corrected chi connectivity index (χ1v) is 5.74. The minimum atomic E-state index is 0.755. The van der Waals surface area contributed by atoms with Crippen molar-refractivity contribution in [1.29, 1.82) is 0 Å². The highest BCUT2D eigenvalue weighted by molar-refractivity contribution is 9.10. The summed E-state index contributed by atoms with van der Waals surface area (Å²) in [5.74, 6) is 0. The first-order chi connectivity index (χ1) is 7.33. The van der Waals surface area contributed by atoms with Crippen molar-refractivity contribution in [2.24, 2.45) is 0 Å². The van der Waals surface area contributed by atoms with Crippen LogP contribution in [0.5, 0.6) is 0 Å². The summed E-state index contributed by atoms with van der Waals surface area (Å²) in [5.41, 5.74) is 1.21. The molecule has 1 aromatic rings. The quantitative estimate of drug-likeness (QED) is 0.802. The summed E-state index contributed by atoms with van der Waals surface area (Å²) in [7, 11) is 1.71. The van der Waals surface area contributed by atoms with Crippen molar-refractivity contribution in [2.75, 3.05) is 26.8 Å². The fraction of sp³-hybridized carbons (Fsp3) is 0.333. The zero-order chi connectivity index (χ0) is 10.9. The average Bonchev–Trinajstić information content (AvgIpc) is 2.23. The maximum absolute atomic E-state index is 4.93. The molecule has 0 aliphatic carbocycles. The van der Waals surface area contributed by atoms with Crippen LogP contribution in [0.2, 0.25) is 0 Å². The molecule has 0 radical (unpaired) electrons. The third kappa shape index (κ3) is 5.72. The molecule has 0 saturated carbocycles. The van der Waals surface area contributed by atoms with Gasteiger partial charge in [-0.3, -0.25) is 0 Å². The number of ether oxygens (including phenoxy) is 1. The highest BCUT2D eigenvalue weighted by Gasteiger charge is 1.87. The van der Waals surface area contributed by atoms with Crippen LogP contribution in [0.4, 0.5) is 0 Å². The molecule has 0 unspecified atom stereocenters. The monoisotopic (exact) mass is 269 g/mol. The van der Waals surface area contributed by atoms with Gasteiger partial charge in [-0.05, 0) is 17.7 Å². The molecule has 0 aliphatic rings. The van der Waals surface area contributed by atoms with Crippen LogP contribution in [0.15, 0.2) is 34.8 Å². The lowest BCUT2D eigenvalue weighted by Crippen LogP contribution is -2.18. The Balaban J connectivity index is 2.26. The van der Waals surface area contributed by atoms with E-state index < -0.39 is 0 Å². The van der Waals surface area contributed by atoms with Gasteiger partial charge in [-0.2, -0.15) is 0 Å². The maximum Gasteiger partial charge on any atom is 0.0587 e. The molecule has 0 saturated heterocycles. The van der Waals surface area contributed by atoms with E-state index in [1.807, 2.05) is 12.1 Å². The standard InChI is InChI=1S/C12H16BrNO/c1-15-9-8-14-7-3-5-11-4-2-6-12(13)10-11/h2-6,10,14H,7-9H2,1H3. The Morgan fingerprint density at radius 1 is 1.47 bits per heavy atom. The number of halogens is 1. The molecule has 3 heteroatoms. The van der Waals surface area contributed by atoms with Crippen molar-refractivity contribution in [3.8, 4) is 0 Å². The first-order valence-electron chi connectivity index (χ1n) is 4.94. The maximum atomic E-state index is 4.93. The topological polar surface area (TPSA) is 21.3 Å². The minimum absolute atomic E-state index is 0.755. The highest BCUT2D eigenvalue weighted by atomic mass is 79.9. The van der Waals surface area contributed by atoms with E-state index in [4.69, 9.17) is 4.74 Å². The second-order valence-electron chi connectivity index (χ2n) is 3.15. The van der Waals surface area contributed by atoms with Crippen LogP contribution in [0.3, 0.4) is 0 Å². The predicted octanol–water partition coefficient (Wildman–Crippen LogP) is 2.70. The molecule has 1 aromatic carbocycles. The molecule has 0 heterocycles. The Morgan fingerprint density at radius 2 is 2.33 bits per heavy atom. The molecule has 2 nitrogen and oxygen atoms in total. The Bertz CT molecular complexity index is 312. The summed E-state index contributed by atoms with van der Waals surface area (Å²) >= 11 is 3.44. The van der Waals surface area contributed by atoms with Gasteiger partial charge in [-0.25, -0.2) is 0 Å². The van der Waals surface area contributed by atoms with Gasteiger partial charge < -0.3 is 10.1 Å². The lowest BCUT2D eigenvalue weighted by molar-refractivity contribution is 0.200. The van der Waals surface area contributed by atoms with Crippen LogP contribution in [-0.2, 0) is 4.74 Å². The van der Waals surface area contributed by atoms with Crippen molar-refractivity contribution in [3.05, 3.63) is 40.4 Å². The number of hydrogen-bond acceptors (Lipinski definition) is 2. The van der Waals surface area contributed by atoms with Gasteiger partial charge in [0.2, 0.25) is 0 Å². The van der Waals surface area contributed by atoms with E-state index in [1.54, 1.807) is 7.11 Å². The molecule has 0 atom stereocenters. The molecular weight excluding hydrogens is 254 g/mol. The normalized spacial score (nSPS) is 11.1. The molecule has 0 fully saturated rings. The zero-order valence-electron chi connectivity index (χ0n) is 8.87. The first kappa shape index (κ1) is 12.4. The largest absolute Gasteiger partial charge is 0.383 e. The molecule has 0 spiro atoms. The average molecular weight is 270 g/mol. The number of hydrogen-bond donors (Lipinski definition) is 1. The second-order valence-corrected chi connectivity index (χ2v) is 4.07. The van der Waals surface area contributed by atoms with Crippen LogP contribution >= 0.6 is 15.9 Å². The van der Waals surface area contributed by atoms with E-state index in [0.29, 0.717) is 0 Å². The van der Waals surface area contributed by atoms with Gasteiger partial charge in [0, 0.05) is 24.7 Å². The smallest absolute Gasteiger partial charge is 0.0587 e.